The van der Waals surface area contributed by atoms with Crippen LogP contribution in [-0.2, 0) is 0 Å². The first-order valence-electron chi connectivity index (χ1n) is 7.90. The Morgan fingerprint density at radius 2 is 1.50 bits per heavy atom. The van der Waals surface area contributed by atoms with Crippen molar-refractivity contribution in [1.29, 1.82) is 0 Å². The molecule has 24 heavy (non-hydrogen) atoms. The molecule has 0 unspecified atom stereocenters. The molecule has 1 aliphatic carbocycles. The summed E-state index contributed by atoms with van der Waals surface area (Å²) in [6.45, 7) is 4.66. The van der Waals surface area contributed by atoms with Crippen LogP contribution >= 0.6 is 0 Å². The molecule has 0 radical (unpaired) electrons. The van der Waals surface area contributed by atoms with Gasteiger partial charge in [-0.05, 0) is 46.5 Å². The number of hydrogen-bond acceptors (Lipinski definition) is 5. The second-order valence-corrected chi connectivity index (χ2v) is 6.10. The first-order chi connectivity index (χ1) is 11.2. The molecular weight excluding hydrogens is 326 g/mol. The van der Waals surface area contributed by atoms with Crippen LogP contribution in [-0.4, -0.2) is 33.2 Å². The molecule has 0 aromatic carbocycles. The monoisotopic (exact) mass is 347 g/mol. The number of allylic oxidation sites excluding steroid dienone is 2. The van der Waals surface area contributed by atoms with Crippen molar-refractivity contribution in [1.82, 2.24) is 15.0 Å². The lowest BCUT2D eigenvalue weighted by Gasteiger charge is -2.19. The van der Waals surface area contributed by atoms with Gasteiger partial charge in [0.15, 0.2) is 5.82 Å². The fourth-order valence-corrected chi connectivity index (χ4v) is 2.28. The average Bonchev–Trinajstić information content (AvgIpc) is 2.45. The standard InChI is InChI=1S/C15H21F4N5/c1-8(2)20-13-22-12(10-6-4-5-7-11(10)16)23-14(24-13)21-9(3)15(17,18)19/h8-9H,4-7H2,1-3H3,(H2,20,21,22,23,24)/t9-/m1/s1. The summed E-state index contributed by atoms with van der Waals surface area (Å²) in [5, 5.41) is 5.14. The van der Waals surface area contributed by atoms with Crippen molar-refractivity contribution in [3.05, 3.63) is 11.7 Å². The zero-order valence-electron chi connectivity index (χ0n) is 13.8. The van der Waals surface area contributed by atoms with Crippen LogP contribution in [0.15, 0.2) is 5.83 Å². The number of alkyl halides is 3. The van der Waals surface area contributed by atoms with Gasteiger partial charge in [-0.2, -0.15) is 28.1 Å². The molecule has 0 amide bonds. The summed E-state index contributed by atoms with van der Waals surface area (Å²) in [6.07, 6.45) is -2.13. The lowest BCUT2D eigenvalue weighted by Crippen LogP contribution is -2.34. The maximum Gasteiger partial charge on any atom is 0.408 e. The van der Waals surface area contributed by atoms with Gasteiger partial charge in [-0.15, -0.1) is 0 Å². The molecule has 2 rings (SSSR count). The molecule has 0 aliphatic heterocycles. The lowest BCUT2D eigenvalue weighted by atomic mass is 9.98. The molecule has 134 valence electrons. The summed E-state index contributed by atoms with van der Waals surface area (Å²) in [5.41, 5.74) is 0.346. The van der Waals surface area contributed by atoms with Crippen molar-refractivity contribution in [3.8, 4) is 0 Å². The molecule has 1 aromatic heterocycles. The Morgan fingerprint density at radius 3 is 2.04 bits per heavy atom. The topological polar surface area (TPSA) is 62.7 Å². The van der Waals surface area contributed by atoms with Crippen LogP contribution in [0.5, 0.6) is 0 Å². The van der Waals surface area contributed by atoms with E-state index in [-0.39, 0.29) is 29.6 Å². The van der Waals surface area contributed by atoms with E-state index in [9.17, 15) is 17.6 Å². The van der Waals surface area contributed by atoms with Gasteiger partial charge in [0, 0.05) is 11.6 Å². The molecule has 0 spiro atoms. The van der Waals surface area contributed by atoms with Gasteiger partial charge in [-0.25, -0.2) is 4.39 Å². The lowest BCUT2D eigenvalue weighted by molar-refractivity contribution is -0.138. The predicted molar refractivity (Wildman–Crippen MR) is 84.2 cm³/mol. The normalized spacial score (nSPS) is 17.2. The number of hydrogen-bond donors (Lipinski definition) is 2. The summed E-state index contributed by atoms with van der Waals surface area (Å²) in [6, 6.07) is -1.86. The van der Waals surface area contributed by atoms with Crippen molar-refractivity contribution in [3.63, 3.8) is 0 Å². The van der Waals surface area contributed by atoms with E-state index in [2.05, 4.69) is 25.6 Å². The van der Waals surface area contributed by atoms with E-state index >= 15 is 0 Å². The Morgan fingerprint density at radius 1 is 0.917 bits per heavy atom. The Bertz CT molecular complexity index is 612. The molecule has 1 aliphatic rings. The van der Waals surface area contributed by atoms with Crippen molar-refractivity contribution >= 4 is 17.5 Å². The van der Waals surface area contributed by atoms with Crippen molar-refractivity contribution in [2.24, 2.45) is 0 Å². The summed E-state index contributed by atoms with van der Waals surface area (Å²) in [7, 11) is 0. The van der Waals surface area contributed by atoms with Gasteiger partial charge in [-0.1, -0.05) is 0 Å². The second kappa shape index (κ2) is 7.31. The van der Waals surface area contributed by atoms with E-state index in [1.165, 1.54) is 0 Å². The smallest absolute Gasteiger partial charge is 0.352 e. The third-order valence-corrected chi connectivity index (χ3v) is 3.56. The van der Waals surface area contributed by atoms with Crippen LogP contribution in [0, 0.1) is 0 Å². The van der Waals surface area contributed by atoms with Gasteiger partial charge in [-0.3, -0.25) is 0 Å². The first kappa shape index (κ1) is 18.4. The highest BCUT2D eigenvalue weighted by Crippen LogP contribution is 2.32. The minimum Gasteiger partial charge on any atom is -0.352 e. The van der Waals surface area contributed by atoms with Crippen molar-refractivity contribution in [2.45, 2.75) is 64.7 Å². The highest BCUT2D eigenvalue weighted by atomic mass is 19.4. The molecule has 1 atom stereocenters. The van der Waals surface area contributed by atoms with Crippen LogP contribution in [0.1, 0.15) is 52.3 Å². The van der Waals surface area contributed by atoms with Crippen LogP contribution in [0.3, 0.4) is 0 Å². The zero-order chi connectivity index (χ0) is 17.9. The van der Waals surface area contributed by atoms with E-state index in [0.717, 1.165) is 19.8 Å². The number of rotatable bonds is 5. The Kier molecular flexibility index (Phi) is 5.61. The molecule has 2 N–H and O–H groups in total. The largest absolute Gasteiger partial charge is 0.408 e. The first-order valence-corrected chi connectivity index (χ1v) is 7.90. The van der Waals surface area contributed by atoms with Gasteiger partial charge in [0.25, 0.3) is 0 Å². The molecular formula is C15H21F4N5. The number of nitrogens with zero attached hydrogens (tertiary/aromatic N) is 3. The molecule has 0 fully saturated rings. The minimum atomic E-state index is -4.44. The van der Waals surface area contributed by atoms with Gasteiger partial charge in [0.2, 0.25) is 11.9 Å². The van der Waals surface area contributed by atoms with Gasteiger partial charge in [0.05, 0.1) is 0 Å². The number of halogens is 4. The SMILES string of the molecule is CC(C)Nc1nc(N[C@H](C)C(F)(F)F)nc(C2=C(F)CCCC2)n1. The summed E-state index contributed by atoms with van der Waals surface area (Å²) in [4.78, 5) is 12.1. The van der Waals surface area contributed by atoms with E-state index in [1.54, 1.807) is 0 Å². The molecule has 0 saturated carbocycles. The maximum atomic E-state index is 14.1. The molecule has 0 bridgehead atoms. The van der Waals surface area contributed by atoms with Crippen molar-refractivity contribution < 1.29 is 17.6 Å². The predicted octanol–water partition coefficient (Wildman–Crippen LogP) is 4.31. The van der Waals surface area contributed by atoms with Gasteiger partial charge < -0.3 is 10.6 Å². The molecule has 9 heteroatoms. The number of anilines is 2. The van der Waals surface area contributed by atoms with Gasteiger partial charge >= 0.3 is 6.18 Å². The Labute approximate surface area is 138 Å². The number of aromatic nitrogens is 3. The third-order valence-electron chi connectivity index (χ3n) is 3.56. The van der Waals surface area contributed by atoms with Crippen molar-refractivity contribution in [2.75, 3.05) is 10.6 Å². The quantitative estimate of drug-likeness (QED) is 0.777. The maximum absolute atomic E-state index is 14.1. The van der Waals surface area contributed by atoms with E-state index < -0.39 is 12.2 Å². The third kappa shape index (κ3) is 4.78. The van der Waals surface area contributed by atoms with Crippen LogP contribution < -0.4 is 10.6 Å². The van der Waals surface area contributed by atoms with E-state index in [0.29, 0.717) is 18.4 Å². The summed E-state index contributed by atoms with van der Waals surface area (Å²) in [5.74, 6) is -0.323. The Balaban J connectivity index is 2.38. The zero-order valence-corrected chi connectivity index (χ0v) is 13.8. The highest BCUT2D eigenvalue weighted by Gasteiger charge is 2.36. The van der Waals surface area contributed by atoms with Crippen LogP contribution in [0.2, 0.25) is 0 Å². The second-order valence-electron chi connectivity index (χ2n) is 6.10. The molecule has 1 aromatic rings. The minimum absolute atomic E-state index is 0.0293. The van der Waals surface area contributed by atoms with Crippen LogP contribution in [0.4, 0.5) is 29.5 Å². The van der Waals surface area contributed by atoms with Gasteiger partial charge in [0.1, 0.15) is 11.9 Å². The molecule has 0 saturated heterocycles. The Hall–Kier alpha value is -1.93. The van der Waals surface area contributed by atoms with E-state index in [1.807, 2.05) is 13.8 Å². The fraction of sp³-hybridized carbons (Fsp3) is 0.667. The van der Waals surface area contributed by atoms with Crippen LogP contribution in [0.25, 0.3) is 5.57 Å². The summed E-state index contributed by atoms with van der Waals surface area (Å²) >= 11 is 0. The highest BCUT2D eigenvalue weighted by molar-refractivity contribution is 5.64. The molecule has 5 nitrogen and oxygen atoms in total. The number of nitrogens with one attached hydrogen (secondary N) is 2. The van der Waals surface area contributed by atoms with E-state index in [4.69, 9.17) is 0 Å². The summed E-state index contributed by atoms with van der Waals surface area (Å²) < 4.78 is 52.3. The fourth-order valence-electron chi connectivity index (χ4n) is 2.28. The molecule has 1 heterocycles. The average molecular weight is 347 g/mol.